The molecule has 19 heavy (non-hydrogen) atoms. The van der Waals surface area contributed by atoms with Crippen LogP contribution in [0.15, 0.2) is 12.1 Å². The molecule has 1 N–H and O–H groups in total. The highest BCUT2D eigenvalue weighted by Crippen LogP contribution is 2.32. The summed E-state index contributed by atoms with van der Waals surface area (Å²) in [6.07, 6.45) is 2.18. The number of hydrogen-bond donors (Lipinski definition) is 1. The molecular formula is C14H19Cl2FN2. The molecule has 5 heteroatoms. The molecule has 0 bridgehead atoms. The molecule has 2 nitrogen and oxygen atoms in total. The average molecular weight is 305 g/mol. The minimum atomic E-state index is -0.418. The van der Waals surface area contributed by atoms with Crippen LogP contribution in [0.3, 0.4) is 0 Å². The number of halogens is 3. The van der Waals surface area contributed by atoms with E-state index < -0.39 is 5.82 Å². The van der Waals surface area contributed by atoms with Gasteiger partial charge in [-0.15, -0.1) is 0 Å². The number of nitrogens with one attached hydrogen (secondary N) is 1. The SMILES string of the molecule is CC(NC1CCN(C)CC1)c1c(Cl)ccc(F)c1Cl. The van der Waals surface area contributed by atoms with E-state index in [0.717, 1.165) is 25.9 Å². The zero-order chi connectivity index (χ0) is 14.0. The average Bonchev–Trinajstić information content (AvgIpc) is 2.37. The minimum absolute atomic E-state index is 0.0518. The summed E-state index contributed by atoms with van der Waals surface area (Å²) in [5.41, 5.74) is 0.655. The Bertz CT molecular complexity index is 445. The molecule has 2 rings (SSSR count). The van der Waals surface area contributed by atoms with Crippen LogP contribution < -0.4 is 5.32 Å². The molecule has 1 aliphatic heterocycles. The standard InChI is InChI=1S/C14H19Cl2FN2/c1-9(18-10-5-7-19(2)8-6-10)13-11(15)3-4-12(17)14(13)16/h3-4,9-10,18H,5-8H2,1-2H3. The molecule has 1 heterocycles. The molecule has 0 saturated carbocycles. The van der Waals surface area contributed by atoms with Crippen LogP contribution in [0.2, 0.25) is 10.0 Å². The Hall–Kier alpha value is -0.350. The Labute approximate surface area is 123 Å². The maximum absolute atomic E-state index is 13.5. The van der Waals surface area contributed by atoms with Crippen molar-refractivity contribution in [2.24, 2.45) is 0 Å². The van der Waals surface area contributed by atoms with Gasteiger partial charge in [0.2, 0.25) is 0 Å². The molecule has 1 aromatic rings. The van der Waals surface area contributed by atoms with Crippen LogP contribution in [0.1, 0.15) is 31.4 Å². The van der Waals surface area contributed by atoms with Gasteiger partial charge in [-0.3, -0.25) is 0 Å². The number of hydrogen-bond acceptors (Lipinski definition) is 2. The third-order valence-corrected chi connectivity index (χ3v) is 4.43. The Kier molecular flexibility index (Phi) is 5.07. The maximum atomic E-state index is 13.5. The Morgan fingerprint density at radius 3 is 2.58 bits per heavy atom. The largest absolute Gasteiger partial charge is 0.307 e. The van der Waals surface area contributed by atoms with E-state index in [4.69, 9.17) is 23.2 Å². The number of likely N-dealkylation sites (tertiary alicyclic amines) is 1. The number of rotatable bonds is 3. The van der Waals surface area contributed by atoms with Gasteiger partial charge in [0.1, 0.15) is 5.82 Å². The van der Waals surface area contributed by atoms with Crippen molar-refractivity contribution in [1.82, 2.24) is 10.2 Å². The van der Waals surface area contributed by atoms with Crippen molar-refractivity contribution in [2.45, 2.75) is 31.8 Å². The maximum Gasteiger partial charge on any atom is 0.142 e. The number of piperidine rings is 1. The fourth-order valence-corrected chi connectivity index (χ4v) is 3.25. The minimum Gasteiger partial charge on any atom is -0.307 e. The molecule has 0 radical (unpaired) electrons. The lowest BCUT2D eigenvalue weighted by molar-refractivity contribution is 0.226. The molecule has 1 aromatic carbocycles. The van der Waals surface area contributed by atoms with Crippen LogP contribution in [0.25, 0.3) is 0 Å². The number of nitrogens with zero attached hydrogens (tertiary/aromatic N) is 1. The molecule has 1 saturated heterocycles. The van der Waals surface area contributed by atoms with Crippen molar-refractivity contribution in [3.63, 3.8) is 0 Å². The van der Waals surface area contributed by atoms with Crippen molar-refractivity contribution in [3.8, 4) is 0 Å². The third-order valence-electron chi connectivity index (χ3n) is 3.72. The highest BCUT2D eigenvalue weighted by Gasteiger charge is 2.22. The second-order valence-corrected chi connectivity index (χ2v) is 6.01. The summed E-state index contributed by atoms with van der Waals surface area (Å²) in [5, 5.41) is 4.14. The normalized spacial score (nSPS) is 19.6. The number of benzene rings is 1. The second-order valence-electron chi connectivity index (χ2n) is 5.22. The first-order valence-electron chi connectivity index (χ1n) is 6.57. The predicted molar refractivity (Wildman–Crippen MR) is 78.5 cm³/mol. The Balaban J connectivity index is 2.08. The van der Waals surface area contributed by atoms with Crippen LogP contribution in [0.4, 0.5) is 4.39 Å². The van der Waals surface area contributed by atoms with Gasteiger partial charge in [-0.05, 0) is 52.0 Å². The van der Waals surface area contributed by atoms with Crippen molar-refractivity contribution >= 4 is 23.2 Å². The Morgan fingerprint density at radius 2 is 1.95 bits per heavy atom. The summed E-state index contributed by atoms with van der Waals surface area (Å²) in [6.45, 7) is 4.13. The summed E-state index contributed by atoms with van der Waals surface area (Å²) in [4.78, 5) is 2.31. The van der Waals surface area contributed by atoms with E-state index in [2.05, 4.69) is 17.3 Å². The second kappa shape index (κ2) is 6.40. The predicted octanol–water partition coefficient (Wildman–Crippen LogP) is 3.88. The first kappa shape index (κ1) is 15.0. The highest BCUT2D eigenvalue weighted by molar-refractivity contribution is 6.36. The van der Waals surface area contributed by atoms with Gasteiger partial charge in [-0.2, -0.15) is 0 Å². The lowest BCUT2D eigenvalue weighted by Gasteiger charge is -2.32. The first-order chi connectivity index (χ1) is 8.99. The van der Waals surface area contributed by atoms with Crippen LogP contribution in [0.5, 0.6) is 0 Å². The van der Waals surface area contributed by atoms with E-state index in [9.17, 15) is 4.39 Å². The van der Waals surface area contributed by atoms with Crippen LogP contribution in [-0.2, 0) is 0 Å². The van der Waals surface area contributed by atoms with Gasteiger partial charge >= 0.3 is 0 Å². The van der Waals surface area contributed by atoms with Gasteiger partial charge < -0.3 is 10.2 Å². The molecule has 106 valence electrons. The van der Waals surface area contributed by atoms with Gasteiger partial charge in [-0.1, -0.05) is 23.2 Å². The van der Waals surface area contributed by atoms with Crippen molar-refractivity contribution in [2.75, 3.05) is 20.1 Å². The molecular weight excluding hydrogens is 286 g/mol. The zero-order valence-corrected chi connectivity index (χ0v) is 12.7. The smallest absolute Gasteiger partial charge is 0.142 e. The van der Waals surface area contributed by atoms with Gasteiger partial charge in [0, 0.05) is 22.7 Å². The lowest BCUT2D eigenvalue weighted by atomic mass is 10.0. The molecule has 1 unspecified atom stereocenters. The van der Waals surface area contributed by atoms with E-state index in [1.54, 1.807) is 6.07 Å². The Morgan fingerprint density at radius 1 is 1.32 bits per heavy atom. The van der Waals surface area contributed by atoms with Crippen LogP contribution in [-0.4, -0.2) is 31.1 Å². The van der Waals surface area contributed by atoms with E-state index in [1.165, 1.54) is 6.07 Å². The van der Waals surface area contributed by atoms with E-state index in [1.807, 2.05) is 6.92 Å². The third kappa shape index (κ3) is 3.60. The van der Waals surface area contributed by atoms with Crippen LogP contribution >= 0.6 is 23.2 Å². The van der Waals surface area contributed by atoms with Gasteiger partial charge in [0.25, 0.3) is 0 Å². The monoisotopic (exact) mass is 304 g/mol. The quantitative estimate of drug-likeness (QED) is 0.853. The fourth-order valence-electron chi connectivity index (χ4n) is 2.55. The fraction of sp³-hybridized carbons (Fsp3) is 0.571. The highest BCUT2D eigenvalue weighted by atomic mass is 35.5. The molecule has 0 amide bonds. The summed E-state index contributed by atoms with van der Waals surface area (Å²) in [5.74, 6) is -0.418. The van der Waals surface area contributed by atoms with Gasteiger partial charge in [0.05, 0.1) is 5.02 Å². The van der Waals surface area contributed by atoms with Crippen LogP contribution in [0, 0.1) is 5.82 Å². The molecule has 0 aromatic heterocycles. The lowest BCUT2D eigenvalue weighted by Crippen LogP contribution is -2.41. The van der Waals surface area contributed by atoms with E-state index in [0.29, 0.717) is 16.6 Å². The first-order valence-corrected chi connectivity index (χ1v) is 7.32. The van der Waals surface area contributed by atoms with E-state index in [-0.39, 0.29) is 11.1 Å². The molecule has 0 aliphatic carbocycles. The van der Waals surface area contributed by atoms with Crippen molar-refractivity contribution in [3.05, 3.63) is 33.6 Å². The van der Waals surface area contributed by atoms with E-state index >= 15 is 0 Å². The van der Waals surface area contributed by atoms with Crippen molar-refractivity contribution in [1.29, 1.82) is 0 Å². The molecule has 1 atom stereocenters. The summed E-state index contributed by atoms with van der Waals surface area (Å²) < 4.78 is 13.5. The summed E-state index contributed by atoms with van der Waals surface area (Å²) >= 11 is 12.2. The summed E-state index contributed by atoms with van der Waals surface area (Å²) in [7, 11) is 2.12. The summed E-state index contributed by atoms with van der Waals surface area (Å²) in [6, 6.07) is 3.24. The molecule has 0 spiro atoms. The topological polar surface area (TPSA) is 15.3 Å². The van der Waals surface area contributed by atoms with Crippen molar-refractivity contribution < 1.29 is 4.39 Å². The molecule has 1 aliphatic rings. The van der Waals surface area contributed by atoms with Gasteiger partial charge in [-0.25, -0.2) is 4.39 Å². The zero-order valence-electron chi connectivity index (χ0n) is 11.2. The molecule has 1 fully saturated rings. The van der Waals surface area contributed by atoms with Gasteiger partial charge in [0.15, 0.2) is 0 Å².